The van der Waals surface area contributed by atoms with E-state index in [1.807, 2.05) is 86.6 Å². The fourth-order valence-corrected chi connectivity index (χ4v) is 4.91. The molecule has 0 bridgehead atoms. The fraction of sp³-hybridized carbons (Fsp3) is 0.196. The molecule has 6 nitrogen and oxygen atoms in total. The molecule has 0 heterocycles. The SMILES string of the molecule is CC.COc1ccc(Cc2ccc(OC)cc2)cc1.COc1ccc(Cc2ccc(OC)cc2)cc1.II.Oc1ccc(Cc2ccc(O)cc2)cc1.[CH3-].[Y].[Y]. The van der Waals surface area contributed by atoms with E-state index < -0.39 is 0 Å². The largest absolute Gasteiger partial charge is 0.508 e. The normalized spacial score (nSPS) is 9.00. The molecule has 294 valence electrons. The molecule has 0 amide bonds. The van der Waals surface area contributed by atoms with Crippen LogP contribution in [-0.2, 0) is 84.7 Å². The second-order valence-electron chi connectivity index (χ2n) is 11.3. The van der Waals surface area contributed by atoms with Gasteiger partial charge in [0, 0.05) is 103 Å². The van der Waals surface area contributed by atoms with Crippen LogP contribution in [0.3, 0.4) is 0 Å². The van der Waals surface area contributed by atoms with Gasteiger partial charge in [0.05, 0.1) is 28.4 Å². The van der Waals surface area contributed by atoms with Gasteiger partial charge in [0.2, 0.25) is 0 Å². The van der Waals surface area contributed by atoms with Gasteiger partial charge >= 0.3 is 0 Å². The van der Waals surface area contributed by atoms with Gasteiger partial charge in [-0.25, -0.2) is 0 Å². The fourth-order valence-electron chi connectivity index (χ4n) is 4.91. The summed E-state index contributed by atoms with van der Waals surface area (Å²) in [7, 11) is 6.72. The second kappa shape index (κ2) is 33.7. The number of hydrogen-bond acceptors (Lipinski definition) is 6. The zero-order valence-corrected chi connectivity index (χ0v) is 43.4. The molecule has 6 aromatic carbocycles. The first-order valence-electron chi connectivity index (χ1n) is 17.1. The molecule has 56 heavy (non-hydrogen) atoms. The number of benzene rings is 6. The molecular weight excluding hydrogens is 1080 g/mol. The summed E-state index contributed by atoms with van der Waals surface area (Å²) in [5, 5.41) is 18.3. The second-order valence-corrected chi connectivity index (χ2v) is 11.3. The smallest absolute Gasteiger partial charge is 0.118 e. The molecule has 0 aliphatic rings. The van der Waals surface area contributed by atoms with Crippen molar-refractivity contribution in [2.75, 3.05) is 28.4 Å². The summed E-state index contributed by atoms with van der Waals surface area (Å²) in [6.45, 7) is 4.00. The molecule has 2 radical (unpaired) electrons. The first-order valence-corrected chi connectivity index (χ1v) is 23.4. The molecule has 0 atom stereocenters. The molecular formula is C46H53I2O6Y2-. The molecule has 0 aromatic heterocycles. The Balaban J connectivity index is 0. The van der Waals surface area contributed by atoms with Crippen molar-refractivity contribution in [3.05, 3.63) is 186 Å². The van der Waals surface area contributed by atoms with E-state index in [2.05, 4.69) is 85.8 Å². The first-order chi connectivity index (χ1) is 25.9. The molecule has 0 aliphatic heterocycles. The van der Waals surface area contributed by atoms with Crippen LogP contribution in [0.15, 0.2) is 146 Å². The Morgan fingerprint density at radius 1 is 0.339 bits per heavy atom. The Hall–Kier alpha value is -2.21. The quantitative estimate of drug-likeness (QED) is 0.105. The Morgan fingerprint density at radius 2 is 0.482 bits per heavy atom. The Labute approximate surface area is 409 Å². The third kappa shape index (κ3) is 22.1. The maximum atomic E-state index is 9.13. The van der Waals surface area contributed by atoms with Crippen LogP contribution in [-0.4, -0.2) is 38.7 Å². The summed E-state index contributed by atoms with van der Waals surface area (Å²) in [5.41, 5.74) is 7.37. The van der Waals surface area contributed by atoms with Crippen LogP contribution in [0.4, 0.5) is 0 Å². The zero-order valence-electron chi connectivity index (χ0n) is 33.4. The minimum atomic E-state index is 0. The number of rotatable bonds is 10. The van der Waals surface area contributed by atoms with Gasteiger partial charge < -0.3 is 36.6 Å². The van der Waals surface area contributed by atoms with Crippen LogP contribution in [0.25, 0.3) is 0 Å². The van der Waals surface area contributed by atoms with Crippen LogP contribution in [0, 0.1) is 7.43 Å². The Morgan fingerprint density at radius 3 is 0.625 bits per heavy atom. The van der Waals surface area contributed by atoms with Gasteiger partial charge in [-0.05, 0) is 125 Å². The Bertz CT molecular complexity index is 1580. The standard InChI is InChI=1S/2C15H16O2.C13H12O2.C2H6.CH3.I2.2Y/c2*1-16-14-7-3-12(4-8-14)11-13-5-9-15(17-2)10-6-13;14-12-5-1-10(2-6-12)9-11-3-7-13(15)8-4-11;1-2;;1-2;;/h2*3-10H,11H2,1-2H3;1-8,14-15H,9H2;1-2H3;1H3;;;/q;;;;-1;;;. The average Bonchev–Trinajstić information content (AvgIpc) is 3.23. The van der Waals surface area contributed by atoms with Crippen molar-refractivity contribution in [1.82, 2.24) is 0 Å². The van der Waals surface area contributed by atoms with Crippen LogP contribution >= 0.6 is 37.2 Å². The maximum absolute atomic E-state index is 9.13. The maximum Gasteiger partial charge on any atom is 0.118 e. The van der Waals surface area contributed by atoms with E-state index in [9.17, 15) is 0 Å². The third-order valence-electron chi connectivity index (χ3n) is 7.73. The van der Waals surface area contributed by atoms with Crippen molar-refractivity contribution in [3.8, 4) is 34.5 Å². The van der Waals surface area contributed by atoms with Crippen molar-refractivity contribution in [1.29, 1.82) is 0 Å². The van der Waals surface area contributed by atoms with Crippen molar-refractivity contribution < 1.29 is 94.6 Å². The van der Waals surface area contributed by atoms with Gasteiger partial charge in [0.25, 0.3) is 0 Å². The number of methoxy groups -OCH3 is 4. The first kappa shape index (κ1) is 55.9. The van der Waals surface area contributed by atoms with Crippen molar-refractivity contribution in [2.24, 2.45) is 0 Å². The van der Waals surface area contributed by atoms with Gasteiger partial charge in [-0.15, -0.1) is 0 Å². The van der Waals surface area contributed by atoms with E-state index in [-0.39, 0.29) is 84.3 Å². The molecule has 6 aromatic rings. The van der Waals surface area contributed by atoms with Gasteiger partial charge in [0.1, 0.15) is 34.5 Å². The van der Waals surface area contributed by atoms with Crippen LogP contribution in [0.1, 0.15) is 47.2 Å². The van der Waals surface area contributed by atoms with Crippen molar-refractivity contribution in [3.63, 3.8) is 0 Å². The van der Waals surface area contributed by atoms with E-state index in [1.54, 1.807) is 52.7 Å². The zero-order chi connectivity index (χ0) is 38.8. The monoisotopic (exact) mass is 1130 g/mol. The van der Waals surface area contributed by atoms with Gasteiger partial charge in [-0.2, -0.15) is 0 Å². The number of ether oxygens (including phenoxy) is 4. The van der Waals surface area contributed by atoms with Gasteiger partial charge in [-0.3, -0.25) is 0 Å². The van der Waals surface area contributed by atoms with Crippen LogP contribution in [0.2, 0.25) is 0 Å². The topological polar surface area (TPSA) is 77.4 Å². The summed E-state index contributed by atoms with van der Waals surface area (Å²) < 4.78 is 20.5. The molecule has 0 spiro atoms. The summed E-state index contributed by atoms with van der Waals surface area (Å²) in [5.74, 6) is 4.13. The summed E-state index contributed by atoms with van der Waals surface area (Å²) >= 11 is 4.24. The minimum absolute atomic E-state index is 0. The predicted molar refractivity (Wildman–Crippen MR) is 242 cm³/mol. The summed E-state index contributed by atoms with van der Waals surface area (Å²) in [4.78, 5) is 0. The molecule has 0 saturated carbocycles. The third-order valence-corrected chi connectivity index (χ3v) is 7.73. The number of hydrogen-bond donors (Lipinski definition) is 2. The van der Waals surface area contributed by atoms with Gasteiger partial charge in [-0.1, -0.05) is 86.6 Å². The predicted octanol–water partition coefficient (Wildman–Crippen LogP) is 12.5. The van der Waals surface area contributed by atoms with E-state index in [0.29, 0.717) is 0 Å². The molecule has 0 aliphatic carbocycles. The van der Waals surface area contributed by atoms with E-state index >= 15 is 0 Å². The van der Waals surface area contributed by atoms with Crippen molar-refractivity contribution in [2.45, 2.75) is 33.1 Å². The molecule has 0 saturated heterocycles. The molecule has 2 N–H and O–H groups in total. The minimum Gasteiger partial charge on any atom is -0.508 e. The summed E-state index contributed by atoms with van der Waals surface area (Å²) in [6.07, 6.45) is 2.66. The number of aromatic hydroxyl groups is 2. The molecule has 0 fully saturated rings. The van der Waals surface area contributed by atoms with E-state index in [0.717, 1.165) is 53.4 Å². The van der Waals surface area contributed by atoms with Gasteiger partial charge in [0.15, 0.2) is 0 Å². The summed E-state index contributed by atoms with van der Waals surface area (Å²) in [6, 6.07) is 46.8. The average molecular weight is 1130 g/mol. The Kier molecular flexibility index (Phi) is 33.7. The van der Waals surface area contributed by atoms with Crippen LogP contribution < -0.4 is 18.9 Å². The van der Waals surface area contributed by atoms with Crippen LogP contribution in [0.5, 0.6) is 34.5 Å². The molecule has 10 heteroatoms. The van der Waals surface area contributed by atoms with E-state index in [1.165, 1.54) is 22.3 Å². The van der Waals surface area contributed by atoms with Crippen molar-refractivity contribution >= 4 is 37.2 Å². The molecule has 6 rings (SSSR count). The number of phenols is 2. The number of phenolic OH excluding ortho intramolecular Hbond substituents is 2. The molecule has 0 unspecified atom stereocenters. The van der Waals surface area contributed by atoms with E-state index in [4.69, 9.17) is 29.2 Å². The number of halogens is 2.